The molecule has 10 atom stereocenters. The van der Waals surface area contributed by atoms with Gasteiger partial charge in [-0.1, -0.05) is 126 Å². The molecule has 1 unspecified atom stereocenters. The average molecular weight is 955 g/mol. The predicted octanol–water partition coefficient (Wildman–Crippen LogP) is 8.59. The van der Waals surface area contributed by atoms with Gasteiger partial charge in [0, 0.05) is 45.2 Å². The summed E-state index contributed by atoms with van der Waals surface area (Å²) in [6.07, 6.45) is 15.6. The number of ether oxygens (including phenoxy) is 3. The maximum Gasteiger partial charge on any atom is 0.407 e. The Hall–Kier alpha value is -4.75. The van der Waals surface area contributed by atoms with Gasteiger partial charge >= 0.3 is 12.1 Å². The fraction of sp³-hybridized carbons (Fsp3) is 0.661. The lowest BCUT2D eigenvalue weighted by Gasteiger charge is -2.58. The van der Waals surface area contributed by atoms with Crippen LogP contribution in [0.15, 0.2) is 72.3 Å². The van der Waals surface area contributed by atoms with E-state index >= 15 is 0 Å². The van der Waals surface area contributed by atoms with Gasteiger partial charge in [0.1, 0.15) is 18.2 Å². The molecule has 2 aromatic rings. The standard InChI is InChI=1S/C56H82N4O9/c1-38(2)13-12-14-39(3)45-21-22-46-44-20-19-42-37-43(25-27-55(42,4)47(44)26-28-56(45,46)5)69-54(66)58-30-32-68-34-33-67-31-29-57-50(61)23-24-51(62)59-48(35-40-15-8-6-9-16-40)52(63)60-49(53(64)65)36-41-17-10-7-11-18-41/h6-11,15-19,38-39,43-49H,12-14,20-37H2,1-5H3,(H,57,61)(H,58,66)(H,59,62)(H,60,63)(H,64,65)/t39-,43?,44+,45-,46+,47+,48+,49+,55+,56-/m1/s1. The Bertz CT molecular complexity index is 2010. The lowest BCUT2D eigenvalue weighted by molar-refractivity contribution is -0.142. The van der Waals surface area contributed by atoms with Crippen molar-refractivity contribution in [2.45, 2.75) is 149 Å². The number of benzene rings is 2. The second-order valence-electron chi connectivity index (χ2n) is 21.5. The number of allylic oxidation sites excluding steroid dienone is 1. The largest absolute Gasteiger partial charge is 0.480 e. The van der Waals surface area contributed by atoms with E-state index < -0.39 is 36.0 Å². The van der Waals surface area contributed by atoms with E-state index in [4.69, 9.17) is 14.2 Å². The van der Waals surface area contributed by atoms with Crippen molar-refractivity contribution in [3.05, 3.63) is 83.4 Å². The van der Waals surface area contributed by atoms with Gasteiger partial charge in [-0.15, -0.1) is 0 Å². The van der Waals surface area contributed by atoms with E-state index in [1.165, 1.54) is 56.9 Å². The van der Waals surface area contributed by atoms with Crippen molar-refractivity contribution >= 4 is 29.8 Å². The Morgan fingerprint density at radius 1 is 0.710 bits per heavy atom. The predicted molar refractivity (Wildman–Crippen MR) is 267 cm³/mol. The maximum atomic E-state index is 13.3. The third-order valence-electron chi connectivity index (χ3n) is 16.4. The highest BCUT2D eigenvalue weighted by atomic mass is 16.6. The van der Waals surface area contributed by atoms with Gasteiger partial charge in [0.15, 0.2) is 0 Å². The molecule has 0 heterocycles. The minimum absolute atomic E-state index is 0.0823. The Balaban J connectivity index is 0.810. The molecule has 4 aliphatic rings. The zero-order valence-electron chi connectivity index (χ0n) is 42.1. The van der Waals surface area contributed by atoms with Gasteiger partial charge < -0.3 is 40.6 Å². The minimum atomic E-state index is -1.19. The summed E-state index contributed by atoms with van der Waals surface area (Å²) < 4.78 is 17.2. The first-order valence-electron chi connectivity index (χ1n) is 26.1. The number of carboxylic acid groups (broad SMARTS) is 1. The highest BCUT2D eigenvalue weighted by Crippen LogP contribution is 2.67. The van der Waals surface area contributed by atoms with Gasteiger partial charge in [-0.25, -0.2) is 9.59 Å². The fourth-order valence-corrected chi connectivity index (χ4v) is 12.7. The molecule has 2 aromatic carbocycles. The molecule has 5 N–H and O–H groups in total. The molecule has 0 aliphatic heterocycles. The Morgan fingerprint density at radius 3 is 2.00 bits per heavy atom. The van der Waals surface area contributed by atoms with E-state index in [9.17, 15) is 29.1 Å². The van der Waals surface area contributed by atoms with Gasteiger partial charge in [-0.2, -0.15) is 0 Å². The molecule has 6 rings (SSSR count). The van der Waals surface area contributed by atoms with Crippen LogP contribution in [0.5, 0.6) is 0 Å². The molecule has 13 heteroatoms. The van der Waals surface area contributed by atoms with Crippen molar-refractivity contribution in [3.8, 4) is 0 Å². The van der Waals surface area contributed by atoms with E-state index in [2.05, 4.69) is 62.0 Å². The van der Waals surface area contributed by atoms with Crippen molar-refractivity contribution in [2.75, 3.05) is 39.5 Å². The molecule has 13 nitrogen and oxygen atoms in total. The fourth-order valence-electron chi connectivity index (χ4n) is 12.7. The van der Waals surface area contributed by atoms with Crippen LogP contribution in [0.25, 0.3) is 0 Å². The average Bonchev–Trinajstić information content (AvgIpc) is 3.69. The van der Waals surface area contributed by atoms with Crippen LogP contribution in [0.1, 0.15) is 129 Å². The normalized spacial score (nSPS) is 26.2. The molecule has 0 aromatic heterocycles. The van der Waals surface area contributed by atoms with Crippen molar-refractivity contribution in [2.24, 2.45) is 46.3 Å². The number of carbonyl (C=O) groups excluding carboxylic acids is 4. The van der Waals surface area contributed by atoms with Crippen LogP contribution in [0, 0.1) is 46.3 Å². The quantitative estimate of drug-likeness (QED) is 0.0456. The molecule has 4 amide bonds. The van der Waals surface area contributed by atoms with E-state index in [1.54, 1.807) is 24.3 Å². The van der Waals surface area contributed by atoms with Gasteiger partial charge in [0.05, 0.1) is 26.4 Å². The van der Waals surface area contributed by atoms with Crippen molar-refractivity contribution in [1.82, 2.24) is 21.3 Å². The zero-order chi connectivity index (χ0) is 49.4. The van der Waals surface area contributed by atoms with Crippen LogP contribution >= 0.6 is 0 Å². The minimum Gasteiger partial charge on any atom is -0.480 e. The first kappa shape index (κ1) is 53.6. The first-order valence-corrected chi connectivity index (χ1v) is 26.1. The highest BCUT2D eigenvalue weighted by molar-refractivity contribution is 5.91. The molecular formula is C56H82N4O9. The molecule has 0 bridgehead atoms. The lowest BCUT2D eigenvalue weighted by Crippen LogP contribution is -2.53. The summed E-state index contributed by atoms with van der Waals surface area (Å²) in [5.41, 5.74) is 3.73. The molecule has 3 saturated carbocycles. The summed E-state index contributed by atoms with van der Waals surface area (Å²) in [5, 5.41) is 20.7. The van der Waals surface area contributed by atoms with Crippen LogP contribution in [-0.4, -0.2) is 92.6 Å². The Labute approximate surface area is 411 Å². The summed E-state index contributed by atoms with van der Waals surface area (Å²) in [6.45, 7) is 14.1. The monoisotopic (exact) mass is 955 g/mol. The third-order valence-corrected chi connectivity index (χ3v) is 16.4. The molecule has 3 fully saturated rings. The number of alkyl carbamates (subject to hydrolysis) is 1. The van der Waals surface area contributed by atoms with Gasteiger partial charge in [-0.05, 0) is 102 Å². The van der Waals surface area contributed by atoms with E-state index in [1.807, 2.05) is 36.4 Å². The van der Waals surface area contributed by atoms with Gasteiger partial charge in [-0.3, -0.25) is 14.4 Å². The van der Waals surface area contributed by atoms with Crippen LogP contribution in [0.2, 0.25) is 0 Å². The van der Waals surface area contributed by atoms with E-state index in [0.29, 0.717) is 31.8 Å². The van der Waals surface area contributed by atoms with Crippen molar-refractivity contribution in [1.29, 1.82) is 0 Å². The second-order valence-corrected chi connectivity index (χ2v) is 21.5. The van der Waals surface area contributed by atoms with Crippen LogP contribution in [0.3, 0.4) is 0 Å². The summed E-state index contributed by atoms with van der Waals surface area (Å²) in [4.78, 5) is 63.6. The van der Waals surface area contributed by atoms with Crippen molar-refractivity contribution < 1.29 is 43.3 Å². The summed E-state index contributed by atoms with van der Waals surface area (Å²) in [6, 6.07) is 15.8. The number of aliphatic carboxylic acids is 1. The summed E-state index contributed by atoms with van der Waals surface area (Å²) >= 11 is 0. The van der Waals surface area contributed by atoms with Crippen LogP contribution in [-0.2, 0) is 46.2 Å². The topological polar surface area (TPSA) is 181 Å². The molecular weight excluding hydrogens is 873 g/mol. The molecule has 69 heavy (non-hydrogen) atoms. The Morgan fingerprint density at radius 2 is 1.35 bits per heavy atom. The maximum absolute atomic E-state index is 13.3. The SMILES string of the molecule is CC(C)CCC[C@@H](C)[C@H]1CC[C@H]2[C@@H]3CC=C4CC(OC(=O)NCCOCCOCCNC(=O)CCC(=O)N[C@@H](Cc5ccccc5)C(=O)N[C@@H](Cc5ccccc5)C(=O)O)CC[C@]4(C)[C@H]3CC[C@]12C. The highest BCUT2D eigenvalue weighted by Gasteiger charge is 2.59. The first-order chi connectivity index (χ1) is 33.2. The van der Waals surface area contributed by atoms with Crippen LogP contribution < -0.4 is 21.3 Å². The number of rotatable bonds is 26. The summed E-state index contributed by atoms with van der Waals surface area (Å²) in [5.74, 6) is 2.13. The Kier molecular flexibility index (Phi) is 20.1. The third kappa shape index (κ3) is 15.1. The number of carbonyl (C=O) groups is 5. The van der Waals surface area contributed by atoms with Crippen LogP contribution in [0.4, 0.5) is 4.79 Å². The number of nitrogens with one attached hydrogen (secondary N) is 4. The van der Waals surface area contributed by atoms with Gasteiger partial charge in [0.2, 0.25) is 17.7 Å². The number of carboxylic acids is 1. The van der Waals surface area contributed by atoms with Gasteiger partial charge in [0.25, 0.3) is 0 Å². The number of hydrogen-bond donors (Lipinski definition) is 5. The number of amides is 4. The smallest absolute Gasteiger partial charge is 0.407 e. The zero-order valence-corrected chi connectivity index (χ0v) is 42.1. The second kappa shape index (κ2) is 25.9. The lowest BCUT2D eigenvalue weighted by atomic mass is 9.47. The molecule has 380 valence electrons. The molecule has 4 aliphatic carbocycles. The molecule has 0 spiro atoms. The van der Waals surface area contributed by atoms with E-state index in [0.717, 1.165) is 65.9 Å². The van der Waals surface area contributed by atoms with Crippen molar-refractivity contribution in [3.63, 3.8) is 0 Å². The summed E-state index contributed by atoms with van der Waals surface area (Å²) in [7, 11) is 0. The number of fused-ring (bicyclic) bond motifs is 5. The number of hydrogen-bond acceptors (Lipinski definition) is 8. The van der Waals surface area contributed by atoms with E-state index in [-0.39, 0.29) is 56.3 Å². The molecule has 0 saturated heterocycles. The molecule has 0 radical (unpaired) electrons.